The lowest BCUT2D eigenvalue weighted by atomic mass is 10.1. The molecule has 2 aromatic rings. The fraction of sp³-hybridized carbons (Fsp3) is 0.0625. The molecular weight excluding hydrogens is 290 g/mol. The van der Waals surface area contributed by atoms with Crippen LogP contribution in [0, 0.1) is 0 Å². The van der Waals surface area contributed by atoms with E-state index in [1.807, 2.05) is 54.6 Å². The molecule has 0 spiro atoms. The summed E-state index contributed by atoms with van der Waals surface area (Å²) >= 11 is 7.58. The molecule has 100 valence electrons. The van der Waals surface area contributed by atoms with Crippen molar-refractivity contribution in [3.63, 3.8) is 0 Å². The monoisotopic (exact) mass is 301 g/mol. The van der Waals surface area contributed by atoms with E-state index in [0.717, 1.165) is 21.1 Å². The van der Waals surface area contributed by atoms with Gasteiger partial charge in [0.15, 0.2) is 0 Å². The molecule has 0 bridgehead atoms. The number of hydrogen-bond donors (Lipinski definition) is 1. The van der Waals surface area contributed by atoms with Crippen LogP contribution < -0.4 is 5.32 Å². The summed E-state index contributed by atoms with van der Waals surface area (Å²) in [5, 5.41) is 2.92. The van der Waals surface area contributed by atoms with Crippen LogP contribution in [0.25, 0.3) is 4.91 Å². The van der Waals surface area contributed by atoms with Crippen molar-refractivity contribution in [1.82, 2.24) is 0 Å². The van der Waals surface area contributed by atoms with Crippen molar-refractivity contribution in [3.8, 4) is 0 Å². The Morgan fingerprint density at radius 1 is 1.00 bits per heavy atom. The Kier molecular flexibility index (Phi) is 3.81. The third-order valence-electron chi connectivity index (χ3n) is 3.07. The molecule has 0 atom stereocenters. The van der Waals surface area contributed by atoms with Crippen LogP contribution in [0.4, 0.5) is 5.69 Å². The second-order valence-electron chi connectivity index (χ2n) is 4.36. The molecule has 4 heteroatoms. The number of rotatable bonds is 2. The molecule has 1 aliphatic rings. The molecule has 0 saturated heterocycles. The Balaban J connectivity index is 2.15. The zero-order valence-corrected chi connectivity index (χ0v) is 12.2. The van der Waals surface area contributed by atoms with Gasteiger partial charge in [0.05, 0.1) is 11.6 Å². The van der Waals surface area contributed by atoms with Gasteiger partial charge in [-0.15, -0.1) is 11.6 Å². The Bertz CT molecular complexity index is 682. The molecule has 2 nitrogen and oxygen atoms in total. The fourth-order valence-corrected chi connectivity index (χ4v) is 3.55. The molecule has 0 aromatic heterocycles. The Morgan fingerprint density at radius 3 is 2.45 bits per heavy atom. The highest BCUT2D eigenvalue weighted by atomic mass is 35.5. The fourth-order valence-electron chi connectivity index (χ4n) is 2.08. The van der Waals surface area contributed by atoms with Crippen molar-refractivity contribution in [2.24, 2.45) is 0 Å². The first-order chi connectivity index (χ1) is 9.79. The predicted molar refractivity (Wildman–Crippen MR) is 85.0 cm³/mol. The van der Waals surface area contributed by atoms with Crippen molar-refractivity contribution in [2.45, 2.75) is 4.90 Å². The summed E-state index contributed by atoms with van der Waals surface area (Å²) in [5.41, 5.74) is 2.45. The molecule has 1 heterocycles. The highest BCUT2D eigenvalue weighted by Gasteiger charge is 2.22. The Morgan fingerprint density at radius 2 is 1.70 bits per heavy atom. The van der Waals surface area contributed by atoms with Crippen LogP contribution >= 0.6 is 23.4 Å². The molecule has 1 N–H and O–H groups in total. The van der Waals surface area contributed by atoms with E-state index in [-0.39, 0.29) is 11.8 Å². The molecule has 0 radical (unpaired) electrons. The van der Waals surface area contributed by atoms with Gasteiger partial charge in [0.2, 0.25) is 0 Å². The minimum absolute atomic E-state index is 0.128. The molecule has 1 aliphatic heterocycles. The van der Waals surface area contributed by atoms with E-state index in [1.165, 1.54) is 0 Å². The summed E-state index contributed by atoms with van der Waals surface area (Å²) in [6, 6.07) is 17.7. The van der Waals surface area contributed by atoms with Gasteiger partial charge in [0.25, 0.3) is 5.91 Å². The number of para-hydroxylation sites is 1. The highest BCUT2D eigenvalue weighted by Crippen LogP contribution is 2.42. The van der Waals surface area contributed by atoms with Gasteiger partial charge in [-0.25, -0.2) is 0 Å². The van der Waals surface area contributed by atoms with Crippen LogP contribution in [0.1, 0.15) is 5.56 Å². The topological polar surface area (TPSA) is 29.1 Å². The van der Waals surface area contributed by atoms with E-state index in [4.69, 9.17) is 11.6 Å². The molecule has 0 unspecified atom stereocenters. The molecule has 1 amide bonds. The number of nitrogens with one attached hydrogen (secondary N) is 1. The van der Waals surface area contributed by atoms with E-state index in [9.17, 15) is 4.79 Å². The highest BCUT2D eigenvalue weighted by molar-refractivity contribution is 8.08. The van der Waals surface area contributed by atoms with Crippen molar-refractivity contribution < 1.29 is 4.79 Å². The second-order valence-corrected chi connectivity index (χ2v) is 5.68. The zero-order chi connectivity index (χ0) is 13.9. The number of carbonyl (C=O) groups excluding carboxylic acids is 1. The van der Waals surface area contributed by atoms with Crippen LogP contribution in [0.5, 0.6) is 0 Å². The molecule has 3 rings (SSSR count). The molecule has 2 aromatic carbocycles. The summed E-state index contributed by atoms with van der Waals surface area (Å²) in [6.07, 6.45) is 0. The number of benzene rings is 2. The average molecular weight is 302 g/mol. The maximum absolute atomic E-state index is 12.3. The Hall–Kier alpha value is -1.71. The number of halogens is 1. The van der Waals surface area contributed by atoms with Gasteiger partial charge in [0, 0.05) is 15.4 Å². The minimum Gasteiger partial charge on any atom is -0.321 e. The van der Waals surface area contributed by atoms with Crippen molar-refractivity contribution in [1.29, 1.82) is 0 Å². The van der Waals surface area contributed by atoms with Gasteiger partial charge < -0.3 is 5.32 Å². The maximum Gasteiger partial charge on any atom is 0.254 e. The number of fused-ring (bicyclic) bond motifs is 1. The maximum atomic E-state index is 12.3. The smallest absolute Gasteiger partial charge is 0.254 e. The number of anilines is 1. The van der Waals surface area contributed by atoms with E-state index in [2.05, 4.69) is 5.32 Å². The molecule has 0 saturated carbocycles. The first-order valence-corrected chi connectivity index (χ1v) is 7.57. The van der Waals surface area contributed by atoms with Gasteiger partial charge in [-0.3, -0.25) is 4.79 Å². The van der Waals surface area contributed by atoms with Crippen LogP contribution in [0.2, 0.25) is 0 Å². The van der Waals surface area contributed by atoms with Crippen molar-refractivity contribution in [3.05, 3.63) is 65.7 Å². The van der Waals surface area contributed by atoms with Gasteiger partial charge >= 0.3 is 0 Å². The van der Waals surface area contributed by atoms with Crippen LogP contribution in [-0.4, -0.2) is 11.8 Å². The molecule has 0 aliphatic carbocycles. The van der Waals surface area contributed by atoms with E-state index in [0.29, 0.717) is 5.57 Å². The first kappa shape index (κ1) is 13.3. The molecular formula is C16H12ClNOS. The SMILES string of the molecule is O=C1Nc2ccccc2SC(c2ccccc2)=C1CCl. The standard InChI is InChI=1S/C16H12ClNOS/c17-10-12-15(11-6-2-1-3-7-11)20-14-9-5-4-8-13(14)18-16(12)19/h1-9H,10H2,(H,18,19). The number of amides is 1. The lowest BCUT2D eigenvalue weighted by Gasteiger charge is -2.09. The summed E-state index contributed by atoms with van der Waals surface area (Å²) in [6.45, 7) is 0. The average Bonchev–Trinajstić information content (AvgIpc) is 2.63. The second kappa shape index (κ2) is 5.73. The third-order valence-corrected chi connectivity index (χ3v) is 4.59. The summed E-state index contributed by atoms with van der Waals surface area (Å²) < 4.78 is 0. The predicted octanol–water partition coefficient (Wildman–Crippen LogP) is 4.38. The van der Waals surface area contributed by atoms with Gasteiger partial charge in [-0.05, 0) is 17.7 Å². The minimum atomic E-state index is -0.128. The zero-order valence-electron chi connectivity index (χ0n) is 10.6. The van der Waals surface area contributed by atoms with Gasteiger partial charge in [0.1, 0.15) is 0 Å². The van der Waals surface area contributed by atoms with Crippen molar-refractivity contribution in [2.75, 3.05) is 11.2 Å². The number of carbonyl (C=O) groups is 1. The van der Waals surface area contributed by atoms with Crippen LogP contribution in [0.3, 0.4) is 0 Å². The Labute approximate surface area is 126 Å². The van der Waals surface area contributed by atoms with Crippen LogP contribution in [-0.2, 0) is 4.79 Å². The first-order valence-electron chi connectivity index (χ1n) is 6.22. The van der Waals surface area contributed by atoms with Gasteiger partial charge in [-0.2, -0.15) is 0 Å². The normalized spacial score (nSPS) is 14.6. The number of alkyl halides is 1. The summed E-state index contributed by atoms with van der Waals surface area (Å²) in [4.78, 5) is 14.3. The van der Waals surface area contributed by atoms with E-state index < -0.39 is 0 Å². The lowest BCUT2D eigenvalue weighted by molar-refractivity contribution is -0.112. The summed E-state index contributed by atoms with van der Waals surface area (Å²) in [7, 11) is 0. The third kappa shape index (κ3) is 2.47. The largest absolute Gasteiger partial charge is 0.321 e. The number of thioether (sulfide) groups is 1. The van der Waals surface area contributed by atoms with Gasteiger partial charge in [-0.1, -0.05) is 54.2 Å². The summed E-state index contributed by atoms with van der Waals surface area (Å²) in [5.74, 6) is 0.0631. The number of hydrogen-bond acceptors (Lipinski definition) is 2. The van der Waals surface area contributed by atoms with E-state index in [1.54, 1.807) is 11.8 Å². The van der Waals surface area contributed by atoms with Crippen LogP contribution in [0.15, 0.2) is 65.1 Å². The lowest BCUT2D eigenvalue weighted by Crippen LogP contribution is -2.15. The van der Waals surface area contributed by atoms with Crippen molar-refractivity contribution >= 4 is 39.9 Å². The molecule has 0 fully saturated rings. The molecule has 20 heavy (non-hydrogen) atoms. The van der Waals surface area contributed by atoms with E-state index >= 15 is 0 Å². The quantitative estimate of drug-likeness (QED) is 0.834.